The molecule has 0 fully saturated rings. The molecule has 1 rings (SSSR count). The van der Waals surface area contributed by atoms with E-state index in [1.54, 1.807) is 6.07 Å². The molecule has 0 radical (unpaired) electrons. The zero-order valence-corrected chi connectivity index (χ0v) is 12.5. The van der Waals surface area contributed by atoms with Gasteiger partial charge in [-0.15, -0.1) is 0 Å². The van der Waals surface area contributed by atoms with Gasteiger partial charge in [0.15, 0.2) is 0 Å². The lowest BCUT2D eigenvalue weighted by Crippen LogP contribution is -2.41. The molecule has 0 bridgehead atoms. The minimum absolute atomic E-state index is 0.0214. The number of rotatable bonds is 7. The average Bonchev–Trinajstić information content (AvgIpc) is 2.37. The third-order valence-electron chi connectivity index (χ3n) is 2.65. The molecule has 1 aromatic rings. The topological polar surface area (TPSA) is 92.7 Å². The number of carboxylic acids is 1. The van der Waals surface area contributed by atoms with Crippen molar-refractivity contribution >= 4 is 16.0 Å². The molecule has 112 valence electrons. The zero-order chi connectivity index (χ0) is 15.3. The maximum atomic E-state index is 12.2. The van der Waals surface area contributed by atoms with Crippen molar-refractivity contribution in [2.75, 3.05) is 7.11 Å². The van der Waals surface area contributed by atoms with E-state index < -0.39 is 22.0 Å². The van der Waals surface area contributed by atoms with E-state index in [2.05, 4.69) is 4.72 Å². The number of benzene rings is 1. The van der Waals surface area contributed by atoms with Gasteiger partial charge in [0.25, 0.3) is 0 Å². The normalized spacial score (nSPS) is 13.2. The smallest absolute Gasteiger partial charge is 0.321 e. The molecular formula is C13H19NO5S. The summed E-state index contributed by atoms with van der Waals surface area (Å²) in [4.78, 5) is 11.1. The van der Waals surface area contributed by atoms with Gasteiger partial charge in [0, 0.05) is 6.07 Å². The highest BCUT2D eigenvalue weighted by molar-refractivity contribution is 7.89. The summed E-state index contributed by atoms with van der Waals surface area (Å²) >= 11 is 0. The van der Waals surface area contributed by atoms with Gasteiger partial charge in [-0.05, 0) is 24.5 Å². The van der Waals surface area contributed by atoms with E-state index in [1.807, 2.05) is 13.8 Å². The van der Waals surface area contributed by atoms with E-state index in [0.717, 1.165) is 0 Å². The van der Waals surface area contributed by atoms with Crippen molar-refractivity contribution in [1.82, 2.24) is 4.72 Å². The van der Waals surface area contributed by atoms with Gasteiger partial charge in [-0.2, -0.15) is 4.72 Å². The van der Waals surface area contributed by atoms with Crippen molar-refractivity contribution in [3.05, 3.63) is 24.3 Å². The van der Waals surface area contributed by atoms with Crippen molar-refractivity contribution in [2.24, 2.45) is 5.92 Å². The maximum absolute atomic E-state index is 12.2. The summed E-state index contributed by atoms with van der Waals surface area (Å²) in [7, 11) is -2.47. The fraction of sp³-hybridized carbons (Fsp3) is 0.462. The maximum Gasteiger partial charge on any atom is 0.321 e. The lowest BCUT2D eigenvalue weighted by molar-refractivity contribution is -0.139. The molecule has 6 nitrogen and oxygen atoms in total. The Morgan fingerprint density at radius 3 is 2.55 bits per heavy atom. The molecule has 20 heavy (non-hydrogen) atoms. The van der Waals surface area contributed by atoms with Crippen LogP contribution in [0.25, 0.3) is 0 Å². The summed E-state index contributed by atoms with van der Waals surface area (Å²) in [6.45, 7) is 3.66. The SMILES string of the molecule is COc1cccc(S(=O)(=O)N[C@H](CC(C)C)C(=O)O)c1. The van der Waals surface area contributed by atoms with Crippen LogP contribution in [0.15, 0.2) is 29.2 Å². The fourth-order valence-corrected chi connectivity index (χ4v) is 2.93. The Labute approximate surface area is 118 Å². The number of nitrogens with one attached hydrogen (secondary N) is 1. The highest BCUT2D eigenvalue weighted by Crippen LogP contribution is 2.18. The molecule has 0 aliphatic rings. The molecule has 0 amide bonds. The van der Waals surface area contributed by atoms with Crippen molar-refractivity contribution in [3.63, 3.8) is 0 Å². The molecule has 1 aromatic carbocycles. The van der Waals surface area contributed by atoms with Gasteiger partial charge >= 0.3 is 5.97 Å². The van der Waals surface area contributed by atoms with Crippen LogP contribution in [0.3, 0.4) is 0 Å². The molecule has 1 atom stereocenters. The minimum Gasteiger partial charge on any atom is -0.497 e. The van der Waals surface area contributed by atoms with Crippen molar-refractivity contribution in [2.45, 2.75) is 31.2 Å². The van der Waals surface area contributed by atoms with Crippen LogP contribution >= 0.6 is 0 Å². The van der Waals surface area contributed by atoms with Crippen LogP contribution in [0.2, 0.25) is 0 Å². The second kappa shape index (κ2) is 6.71. The van der Waals surface area contributed by atoms with Crippen LogP contribution in [0.4, 0.5) is 0 Å². The fourth-order valence-electron chi connectivity index (χ4n) is 1.69. The van der Waals surface area contributed by atoms with E-state index >= 15 is 0 Å². The first kappa shape index (κ1) is 16.5. The van der Waals surface area contributed by atoms with E-state index in [4.69, 9.17) is 9.84 Å². The van der Waals surface area contributed by atoms with Gasteiger partial charge in [-0.25, -0.2) is 8.42 Å². The number of sulfonamides is 1. The highest BCUT2D eigenvalue weighted by Gasteiger charge is 2.26. The lowest BCUT2D eigenvalue weighted by atomic mass is 10.1. The van der Waals surface area contributed by atoms with Crippen LogP contribution in [0.1, 0.15) is 20.3 Å². The Balaban J connectivity index is 3.00. The number of aliphatic carboxylic acids is 1. The molecule has 0 spiro atoms. The molecule has 0 aromatic heterocycles. The molecule has 0 heterocycles. The zero-order valence-electron chi connectivity index (χ0n) is 11.7. The number of hydrogen-bond donors (Lipinski definition) is 2. The first-order valence-corrected chi connectivity index (χ1v) is 7.63. The summed E-state index contributed by atoms with van der Waals surface area (Å²) in [6, 6.07) is 4.73. The third-order valence-corrected chi connectivity index (χ3v) is 4.12. The molecule has 7 heteroatoms. The number of ether oxygens (including phenoxy) is 1. The molecule has 0 aliphatic heterocycles. The number of hydrogen-bond acceptors (Lipinski definition) is 4. The van der Waals surface area contributed by atoms with Crippen LogP contribution in [-0.2, 0) is 14.8 Å². The van der Waals surface area contributed by atoms with Crippen molar-refractivity contribution < 1.29 is 23.1 Å². The van der Waals surface area contributed by atoms with Crippen molar-refractivity contribution in [3.8, 4) is 5.75 Å². The molecule has 0 aliphatic carbocycles. The third kappa shape index (κ3) is 4.50. The van der Waals surface area contributed by atoms with Crippen LogP contribution in [0.5, 0.6) is 5.75 Å². The van der Waals surface area contributed by atoms with Gasteiger partial charge in [-0.3, -0.25) is 4.79 Å². The minimum atomic E-state index is -3.89. The quantitative estimate of drug-likeness (QED) is 0.795. The predicted octanol–water partition coefficient (Wildman–Crippen LogP) is 1.47. The van der Waals surface area contributed by atoms with E-state index in [0.29, 0.717) is 5.75 Å². The van der Waals surface area contributed by atoms with E-state index in [1.165, 1.54) is 25.3 Å². The number of carboxylic acid groups (broad SMARTS) is 1. The van der Waals surface area contributed by atoms with Gasteiger partial charge in [0.05, 0.1) is 12.0 Å². The molecule has 2 N–H and O–H groups in total. The Hall–Kier alpha value is -1.60. The molecule has 0 saturated heterocycles. The Morgan fingerprint density at radius 1 is 1.40 bits per heavy atom. The molecule has 0 saturated carbocycles. The number of carbonyl (C=O) groups is 1. The van der Waals surface area contributed by atoms with Crippen molar-refractivity contribution in [1.29, 1.82) is 0 Å². The highest BCUT2D eigenvalue weighted by atomic mass is 32.2. The first-order chi connectivity index (χ1) is 9.26. The Kier molecular flexibility index (Phi) is 5.52. The van der Waals surface area contributed by atoms with Gasteiger partial charge in [0.2, 0.25) is 10.0 Å². The van der Waals surface area contributed by atoms with E-state index in [-0.39, 0.29) is 17.2 Å². The van der Waals surface area contributed by atoms with Crippen LogP contribution < -0.4 is 9.46 Å². The first-order valence-electron chi connectivity index (χ1n) is 6.15. The molecular weight excluding hydrogens is 282 g/mol. The summed E-state index contributed by atoms with van der Waals surface area (Å²) in [6.07, 6.45) is 0.221. The average molecular weight is 301 g/mol. The monoisotopic (exact) mass is 301 g/mol. The van der Waals surface area contributed by atoms with Crippen LogP contribution in [-0.4, -0.2) is 32.6 Å². The largest absolute Gasteiger partial charge is 0.497 e. The van der Waals surface area contributed by atoms with Gasteiger partial charge in [0.1, 0.15) is 11.8 Å². The predicted molar refractivity (Wildman–Crippen MR) is 74.2 cm³/mol. The summed E-state index contributed by atoms with van der Waals surface area (Å²) in [5, 5.41) is 9.08. The second-order valence-corrected chi connectivity index (χ2v) is 6.53. The number of methoxy groups -OCH3 is 1. The Morgan fingerprint density at radius 2 is 2.05 bits per heavy atom. The van der Waals surface area contributed by atoms with Gasteiger partial charge in [-0.1, -0.05) is 19.9 Å². The lowest BCUT2D eigenvalue weighted by Gasteiger charge is -2.16. The molecule has 0 unspecified atom stereocenters. The van der Waals surface area contributed by atoms with Crippen LogP contribution in [0, 0.1) is 5.92 Å². The Bertz CT molecular complexity index is 568. The summed E-state index contributed by atoms with van der Waals surface area (Å²) < 4.78 is 31.5. The summed E-state index contributed by atoms with van der Waals surface area (Å²) in [5.41, 5.74) is 0. The van der Waals surface area contributed by atoms with Gasteiger partial charge < -0.3 is 9.84 Å². The van der Waals surface area contributed by atoms with E-state index in [9.17, 15) is 13.2 Å². The second-order valence-electron chi connectivity index (χ2n) is 4.82. The standard InChI is InChI=1S/C13H19NO5S/c1-9(2)7-12(13(15)16)14-20(17,18)11-6-4-5-10(8-11)19-3/h4-6,8-9,12,14H,7H2,1-3H3,(H,15,16)/t12-/m1/s1. The summed E-state index contributed by atoms with van der Waals surface area (Å²) in [5.74, 6) is -0.738.